The molecule has 0 aliphatic rings. The molecule has 0 aromatic carbocycles. The number of rotatable bonds is 8. The summed E-state index contributed by atoms with van der Waals surface area (Å²) in [5.41, 5.74) is 1.14. The number of hydrogen-bond donors (Lipinski definition) is 0. The highest BCUT2D eigenvalue weighted by molar-refractivity contribution is 7.91. The van der Waals surface area contributed by atoms with Crippen molar-refractivity contribution < 1.29 is 8.42 Å². The highest BCUT2D eigenvalue weighted by Crippen LogP contribution is 2.13. The van der Waals surface area contributed by atoms with Crippen LogP contribution in [0.4, 0.5) is 0 Å². The maximum atomic E-state index is 12.3. The molecule has 7 nitrogen and oxygen atoms in total. The van der Waals surface area contributed by atoms with Crippen molar-refractivity contribution in [2.45, 2.75) is 58.3 Å². The summed E-state index contributed by atoms with van der Waals surface area (Å²) in [4.78, 5) is 0. The van der Waals surface area contributed by atoms with Crippen LogP contribution in [0.1, 0.15) is 37.6 Å². The molecule has 2 aromatic heterocycles. The quantitative estimate of drug-likeness (QED) is 0.691. The average Bonchev–Trinajstić information content (AvgIpc) is 3.04. The van der Waals surface area contributed by atoms with Crippen molar-refractivity contribution in [1.29, 1.82) is 0 Å². The van der Waals surface area contributed by atoms with Gasteiger partial charge in [-0.15, -0.1) is 10.2 Å². The minimum absolute atomic E-state index is 0.0928. The SMILES string of the molecule is CCn1c(C)nnc1S(=O)(=O)CCCCCn1cc(C)cn1. The van der Waals surface area contributed by atoms with Crippen LogP contribution in [-0.4, -0.2) is 38.7 Å². The van der Waals surface area contributed by atoms with Gasteiger partial charge in [0.25, 0.3) is 0 Å². The first-order valence-corrected chi connectivity index (χ1v) is 9.21. The largest absolute Gasteiger partial charge is 0.302 e. The van der Waals surface area contributed by atoms with E-state index < -0.39 is 9.84 Å². The van der Waals surface area contributed by atoms with Crippen LogP contribution in [-0.2, 0) is 22.9 Å². The number of sulfone groups is 1. The minimum Gasteiger partial charge on any atom is -0.302 e. The number of nitrogens with zero attached hydrogens (tertiary/aromatic N) is 5. The van der Waals surface area contributed by atoms with Gasteiger partial charge >= 0.3 is 0 Å². The van der Waals surface area contributed by atoms with Gasteiger partial charge in [-0.1, -0.05) is 6.42 Å². The zero-order valence-electron chi connectivity index (χ0n) is 13.4. The summed E-state index contributed by atoms with van der Waals surface area (Å²) in [6.45, 7) is 7.04. The van der Waals surface area contributed by atoms with Crippen LogP contribution in [0.3, 0.4) is 0 Å². The highest BCUT2D eigenvalue weighted by Gasteiger charge is 2.22. The van der Waals surface area contributed by atoms with Gasteiger partial charge in [0.2, 0.25) is 15.0 Å². The lowest BCUT2D eigenvalue weighted by Gasteiger charge is -2.06. The van der Waals surface area contributed by atoms with Crippen LogP contribution in [0.15, 0.2) is 17.6 Å². The van der Waals surface area contributed by atoms with Crippen molar-refractivity contribution in [3.05, 3.63) is 23.8 Å². The maximum absolute atomic E-state index is 12.3. The van der Waals surface area contributed by atoms with Crippen LogP contribution >= 0.6 is 0 Å². The third-order valence-corrected chi connectivity index (χ3v) is 5.24. The molecule has 0 radical (unpaired) electrons. The predicted octanol–water partition coefficient (Wildman–Crippen LogP) is 1.76. The highest BCUT2D eigenvalue weighted by atomic mass is 32.2. The van der Waals surface area contributed by atoms with Gasteiger partial charge in [-0.05, 0) is 39.2 Å². The molecule has 0 unspecified atom stereocenters. The standard InChI is InChI=1S/C14H23N5O2S/c1-4-19-13(3)16-17-14(19)22(20,21)9-7-5-6-8-18-11-12(2)10-15-18/h10-11H,4-9H2,1-3H3. The van der Waals surface area contributed by atoms with E-state index in [1.807, 2.05) is 30.9 Å². The molecule has 2 rings (SSSR count). The number of aryl methyl sites for hydroxylation is 3. The molecule has 22 heavy (non-hydrogen) atoms. The predicted molar refractivity (Wildman–Crippen MR) is 83.3 cm³/mol. The monoisotopic (exact) mass is 325 g/mol. The van der Waals surface area contributed by atoms with Crippen LogP contribution < -0.4 is 0 Å². The van der Waals surface area contributed by atoms with Gasteiger partial charge in [-0.2, -0.15) is 5.10 Å². The normalized spacial score (nSPS) is 12.0. The van der Waals surface area contributed by atoms with E-state index in [1.165, 1.54) is 0 Å². The van der Waals surface area contributed by atoms with Crippen LogP contribution in [0.2, 0.25) is 0 Å². The summed E-state index contributed by atoms with van der Waals surface area (Å²) >= 11 is 0. The Kier molecular flexibility index (Phi) is 5.33. The van der Waals surface area contributed by atoms with Crippen molar-refractivity contribution in [2.24, 2.45) is 0 Å². The van der Waals surface area contributed by atoms with E-state index in [9.17, 15) is 8.42 Å². The van der Waals surface area contributed by atoms with Gasteiger partial charge in [-0.25, -0.2) is 8.42 Å². The molecule has 0 saturated heterocycles. The first kappa shape index (κ1) is 16.7. The summed E-state index contributed by atoms with van der Waals surface area (Å²) in [7, 11) is -3.36. The molecule has 2 aromatic rings. The van der Waals surface area contributed by atoms with E-state index >= 15 is 0 Å². The topological polar surface area (TPSA) is 82.7 Å². The van der Waals surface area contributed by atoms with Crippen molar-refractivity contribution in [3.8, 4) is 0 Å². The fourth-order valence-electron chi connectivity index (χ4n) is 2.38. The lowest BCUT2D eigenvalue weighted by atomic mass is 10.2. The van der Waals surface area contributed by atoms with Gasteiger partial charge in [0.15, 0.2) is 0 Å². The number of unbranched alkanes of at least 4 members (excludes halogenated alkanes) is 2. The molecule has 0 saturated carbocycles. The van der Waals surface area contributed by atoms with E-state index in [2.05, 4.69) is 15.3 Å². The molecule has 122 valence electrons. The van der Waals surface area contributed by atoms with E-state index in [-0.39, 0.29) is 10.9 Å². The average molecular weight is 325 g/mol. The molecule has 0 N–H and O–H groups in total. The second-order valence-corrected chi connectivity index (χ2v) is 7.44. The summed E-state index contributed by atoms with van der Waals surface area (Å²) in [5, 5.41) is 12.0. The minimum atomic E-state index is -3.36. The Morgan fingerprint density at radius 3 is 2.55 bits per heavy atom. The Morgan fingerprint density at radius 2 is 1.91 bits per heavy atom. The molecule has 0 spiro atoms. The molecule has 0 aliphatic carbocycles. The molecule has 0 amide bonds. The lowest BCUT2D eigenvalue weighted by molar-refractivity contribution is 0.541. The molecule has 2 heterocycles. The van der Waals surface area contributed by atoms with Crippen molar-refractivity contribution in [3.63, 3.8) is 0 Å². The molecule has 0 bridgehead atoms. The molecule has 0 fully saturated rings. The fourth-order valence-corrected chi connectivity index (χ4v) is 3.91. The van der Waals surface area contributed by atoms with Crippen molar-refractivity contribution in [1.82, 2.24) is 24.5 Å². The zero-order valence-corrected chi connectivity index (χ0v) is 14.2. The molecule has 8 heteroatoms. The Bertz CT molecular complexity index is 717. The molecular weight excluding hydrogens is 302 g/mol. The van der Waals surface area contributed by atoms with E-state index in [0.717, 1.165) is 24.9 Å². The van der Waals surface area contributed by atoms with E-state index in [0.29, 0.717) is 18.8 Å². The second kappa shape index (κ2) is 7.04. The third-order valence-electron chi connectivity index (χ3n) is 3.56. The first-order valence-electron chi connectivity index (χ1n) is 7.55. The van der Waals surface area contributed by atoms with Gasteiger partial charge in [0.05, 0.1) is 11.9 Å². The van der Waals surface area contributed by atoms with Crippen LogP contribution in [0.25, 0.3) is 0 Å². The molecule has 0 atom stereocenters. The second-order valence-electron chi connectivity index (χ2n) is 5.43. The Balaban J connectivity index is 1.82. The van der Waals surface area contributed by atoms with Gasteiger partial charge in [-0.3, -0.25) is 4.68 Å². The summed E-state index contributed by atoms with van der Waals surface area (Å²) < 4.78 is 28.2. The van der Waals surface area contributed by atoms with Crippen molar-refractivity contribution in [2.75, 3.05) is 5.75 Å². The number of hydrogen-bond acceptors (Lipinski definition) is 5. The van der Waals surface area contributed by atoms with Crippen molar-refractivity contribution >= 4 is 9.84 Å². The Hall–Kier alpha value is -1.70. The Morgan fingerprint density at radius 1 is 1.14 bits per heavy atom. The summed E-state index contributed by atoms with van der Waals surface area (Å²) in [5.74, 6) is 0.749. The van der Waals surface area contributed by atoms with Gasteiger partial charge in [0, 0.05) is 19.3 Å². The van der Waals surface area contributed by atoms with Crippen LogP contribution in [0.5, 0.6) is 0 Å². The third kappa shape index (κ3) is 3.94. The number of aromatic nitrogens is 5. The van der Waals surface area contributed by atoms with Gasteiger partial charge in [0.1, 0.15) is 5.82 Å². The van der Waals surface area contributed by atoms with E-state index in [1.54, 1.807) is 11.5 Å². The summed E-state index contributed by atoms with van der Waals surface area (Å²) in [6, 6.07) is 0. The smallest absolute Gasteiger partial charge is 0.249 e. The first-order chi connectivity index (χ1) is 10.4. The Labute approximate surface area is 131 Å². The zero-order chi connectivity index (χ0) is 16.2. The maximum Gasteiger partial charge on any atom is 0.249 e. The molecular formula is C14H23N5O2S. The van der Waals surface area contributed by atoms with Crippen LogP contribution in [0, 0.1) is 13.8 Å². The van der Waals surface area contributed by atoms with E-state index in [4.69, 9.17) is 0 Å². The van der Waals surface area contributed by atoms with Gasteiger partial charge < -0.3 is 4.57 Å². The fraction of sp³-hybridized carbons (Fsp3) is 0.643. The molecule has 0 aliphatic heterocycles. The lowest BCUT2D eigenvalue weighted by Crippen LogP contribution is -2.14. The summed E-state index contributed by atoms with van der Waals surface area (Å²) in [6.07, 6.45) is 6.19.